The van der Waals surface area contributed by atoms with Crippen LogP contribution in [0.3, 0.4) is 0 Å². The lowest BCUT2D eigenvalue weighted by molar-refractivity contribution is -0.390. The van der Waals surface area contributed by atoms with Gasteiger partial charge in [0.2, 0.25) is 0 Å². The molecule has 0 aliphatic rings. The third-order valence-corrected chi connectivity index (χ3v) is 2.72. The fourth-order valence-electron chi connectivity index (χ4n) is 1.06. The van der Waals surface area contributed by atoms with Crippen molar-refractivity contribution in [2.75, 3.05) is 7.11 Å². The monoisotopic (exact) mass is 392 g/mol. The number of esters is 1. The van der Waals surface area contributed by atoms with Crippen LogP contribution in [0.4, 0.5) is 19.0 Å². The standard InChI is InChI=1S/C8H4F3IN2O5/c1-18-7(15)3-2-13-6(14(16)17)4(12)5(3)19-8(9,10)11/h2H,1H3. The number of ether oxygens (including phenoxy) is 2. The van der Waals surface area contributed by atoms with Crippen LogP contribution in [-0.2, 0) is 4.74 Å². The second-order valence-electron chi connectivity index (χ2n) is 2.94. The number of pyridine rings is 1. The molecule has 0 N–H and O–H groups in total. The van der Waals surface area contributed by atoms with Gasteiger partial charge in [0.1, 0.15) is 5.56 Å². The number of alkyl halides is 3. The van der Waals surface area contributed by atoms with Crippen LogP contribution in [0.5, 0.6) is 5.75 Å². The molecule has 0 atom stereocenters. The van der Waals surface area contributed by atoms with Gasteiger partial charge in [0, 0.05) is 0 Å². The van der Waals surface area contributed by atoms with Crippen molar-refractivity contribution >= 4 is 34.4 Å². The number of carbonyl (C=O) groups excluding carboxylic acids is 1. The van der Waals surface area contributed by atoms with Crippen molar-refractivity contribution in [3.63, 3.8) is 0 Å². The molecule has 0 aromatic carbocycles. The van der Waals surface area contributed by atoms with E-state index in [4.69, 9.17) is 0 Å². The molecular formula is C8H4F3IN2O5. The van der Waals surface area contributed by atoms with E-state index in [1.54, 1.807) is 0 Å². The molecule has 1 rings (SSSR count). The Morgan fingerprint density at radius 3 is 2.53 bits per heavy atom. The largest absolute Gasteiger partial charge is 0.573 e. The second kappa shape index (κ2) is 5.54. The molecule has 0 spiro atoms. The maximum absolute atomic E-state index is 12.2. The SMILES string of the molecule is COC(=O)c1cnc([N+](=O)[O-])c(I)c1OC(F)(F)F. The Morgan fingerprint density at radius 2 is 2.11 bits per heavy atom. The maximum atomic E-state index is 12.2. The number of rotatable bonds is 3. The average Bonchev–Trinajstić information content (AvgIpc) is 2.28. The van der Waals surface area contributed by atoms with Crippen LogP contribution < -0.4 is 4.74 Å². The lowest BCUT2D eigenvalue weighted by Gasteiger charge is -2.12. The zero-order valence-corrected chi connectivity index (χ0v) is 11.2. The van der Waals surface area contributed by atoms with Crippen molar-refractivity contribution < 1.29 is 32.4 Å². The highest BCUT2D eigenvalue weighted by atomic mass is 127. The summed E-state index contributed by atoms with van der Waals surface area (Å²) in [5.41, 5.74) is -0.658. The molecule has 0 bridgehead atoms. The van der Waals surface area contributed by atoms with Gasteiger partial charge in [-0.15, -0.1) is 13.2 Å². The summed E-state index contributed by atoms with van der Waals surface area (Å²) < 4.78 is 44.0. The number of nitrogens with zero attached hydrogens (tertiary/aromatic N) is 2. The molecule has 0 saturated heterocycles. The summed E-state index contributed by atoms with van der Waals surface area (Å²) in [5, 5.41) is 10.6. The molecule has 19 heavy (non-hydrogen) atoms. The number of methoxy groups -OCH3 is 1. The third-order valence-electron chi connectivity index (χ3n) is 1.75. The summed E-state index contributed by atoms with van der Waals surface area (Å²) in [7, 11) is 0.938. The molecule has 104 valence electrons. The van der Waals surface area contributed by atoms with E-state index < -0.39 is 38.0 Å². The minimum absolute atomic E-state index is 0.553. The van der Waals surface area contributed by atoms with Gasteiger partial charge >= 0.3 is 18.1 Å². The first-order valence-electron chi connectivity index (χ1n) is 4.34. The van der Waals surface area contributed by atoms with Gasteiger partial charge in [-0.1, -0.05) is 0 Å². The molecule has 11 heteroatoms. The molecule has 1 aromatic heterocycles. The highest BCUT2D eigenvalue weighted by Crippen LogP contribution is 2.35. The first-order valence-corrected chi connectivity index (χ1v) is 5.42. The Kier molecular flexibility index (Phi) is 4.49. The lowest BCUT2D eigenvalue weighted by atomic mass is 10.2. The van der Waals surface area contributed by atoms with Crippen LogP contribution in [0.15, 0.2) is 6.20 Å². The summed E-state index contributed by atoms with van der Waals surface area (Å²) in [6.45, 7) is 0. The van der Waals surface area contributed by atoms with Gasteiger partial charge in [-0.3, -0.25) is 0 Å². The van der Waals surface area contributed by atoms with E-state index in [9.17, 15) is 28.1 Å². The first-order chi connectivity index (χ1) is 8.67. The van der Waals surface area contributed by atoms with Crippen LogP contribution >= 0.6 is 22.6 Å². The number of carbonyl (C=O) groups is 1. The zero-order valence-electron chi connectivity index (χ0n) is 9.02. The average molecular weight is 392 g/mol. The van der Waals surface area contributed by atoms with Crippen molar-refractivity contribution in [2.24, 2.45) is 0 Å². The van der Waals surface area contributed by atoms with E-state index in [0.29, 0.717) is 6.20 Å². The maximum Gasteiger partial charge on any atom is 0.573 e. The van der Waals surface area contributed by atoms with Crippen LogP contribution in [0.1, 0.15) is 10.4 Å². The van der Waals surface area contributed by atoms with Gasteiger partial charge in [-0.05, 0) is 32.5 Å². The number of nitro groups is 1. The molecule has 0 radical (unpaired) electrons. The molecule has 0 unspecified atom stereocenters. The van der Waals surface area contributed by atoms with Crippen LogP contribution in [0.25, 0.3) is 0 Å². The van der Waals surface area contributed by atoms with Gasteiger partial charge in [-0.2, -0.15) is 0 Å². The Bertz CT molecular complexity index is 534. The van der Waals surface area contributed by atoms with Crippen LogP contribution in [0.2, 0.25) is 0 Å². The molecule has 1 heterocycles. The Labute approximate surface area is 117 Å². The normalized spacial score (nSPS) is 11.0. The van der Waals surface area contributed by atoms with Gasteiger partial charge in [-0.25, -0.2) is 4.79 Å². The number of aromatic nitrogens is 1. The van der Waals surface area contributed by atoms with Gasteiger partial charge in [0.25, 0.3) is 0 Å². The summed E-state index contributed by atoms with van der Waals surface area (Å²) in [6.07, 6.45) is -4.52. The number of halogens is 4. The minimum Gasteiger partial charge on any atom is -0.465 e. The van der Waals surface area contributed by atoms with E-state index in [1.165, 1.54) is 22.6 Å². The quantitative estimate of drug-likeness (QED) is 0.339. The summed E-state index contributed by atoms with van der Waals surface area (Å²) in [5.74, 6) is -3.02. The Morgan fingerprint density at radius 1 is 1.53 bits per heavy atom. The number of hydrogen-bond acceptors (Lipinski definition) is 6. The molecule has 1 aromatic rings. The van der Waals surface area contributed by atoms with Gasteiger partial charge in [0.05, 0.1) is 7.11 Å². The fourth-order valence-corrected chi connectivity index (χ4v) is 1.80. The number of hydrogen-bond donors (Lipinski definition) is 0. The van der Waals surface area contributed by atoms with E-state index in [-0.39, 0.29) is 0 Å². The van der Waals surface area contributed by atoms with Gasteiger partial charge < -0.3 is 19.6 Å². The molecule has 0 saturated carbocycles. The summed E-state index contributed by atoms with van der Waals surface area (Å²) >= 11 is 1.23. The Balaban J connectivity index is 3.46. The van der Waals surface area contributed by atoms with Gasteiger partial charge in [0.15, 0.2) is 15.5 Å². The van der Waals surface area contributed by atoms with E-state index in [1.807, 2.05) is 0 Å². The van der Waals surface area contributed by atoms with E-state index in [2.05, 4.69) is 14.5 Å². The topological polar surface area (TPSA) is 91.6 Å². The predicted molar refractivity (Wildman–Crippen MR) is 61.6 cm³/mol. The van der Waals surface area contributed by atoms with E-state index in [0.717, 1.165) is 7.11 Å². The molecule has 0 amide bonds. The summed E-state index contributed by atoms with van der Waals surface area (Å²) in [4.78, 5) is 24.1. The molecule has 0 aliphatic heterocycles. The van der Waals surface area contributed by atoms with Crippen molar-refractivity contribution in [2.45, 2.75) is 6.36 Å². The van der Waals surface area contributed by atoms with Crippen molar-refractivity contribution in [3.05, 3.63) is 25.4 Å². The first kappa shape index (κ1) is 15.4. The van der Waals surface area contributed by atoms with Crippen molar-refractivity contribution in [1.29, 1.82) is 0 Å². The molecule has 0 aliphatic carbocycles. The smallest absolute Gasteiger partial charge is 0.465 e. The fraction of sp³-hybridized carbons (Fsp3) is 0.250. The van der Waals surface area contributed by atoms with E-state index >= 15 is 0 Å². The van der Waals surface area contributed by atoms with Crippen molar-refractivity contribution in [3.8, 4) is 5.75 Å². The van der Waals surface area contributed by atoms with Crippen molar-refractivity contribution in [1.82, 2.24) is 4.98 Å². The highest BCUT2D eigenvalue weighted by molar-refractivity contribution is 14.1. The van der Waals surface area contributed by atoms with Crippen LogP contribution in [-0.4, -0.2) is 29.3 Å². The predicted octanol–water partition coefficient (Wildman–Crippen LogP) is 2.28. The minimum atomic E-state index is -5.11. The van der Waals surface area contributed by atoms with Crippen LogP contribution in [0, 0.1) is 13.7 Å². The lowest BCUT2D eigenvalue weighted by Crippen LogP contribution is -2.21. The molecule has 0 fully saturated rings. The highest BCUT2D eigenvalue weighted by Gasteiger charge is 2.37. The summed E-state index contributed by atoms with van der Waals surface area (Å²) in [6, 6.07) is 0. The Hall–Kier alpha value is -1.66. The molecule has 7 nitrogen and oxygen atoms in total. The molecular weight excluding hydrogens is 388 g/mol. The second-order valence-corrected chi connectivity index (χ2v) is 4.01. The zero-order chi connectivity index (χ0) is 14.8. The third kappa shape index (κ3) is 3.65.